The maximum absolute atomic E-state index is 12.5. The lowest BCUT2D eigenvalue weighted by atomic mass is 9.79. The molecule has 0 saturated heterocycles. The Morgan fingerprint density at radius 3 is 2.21 bits per heavy atom. The predicted molar refractivity (Wildman–Crippen MR) is 76.5 cm³/mol. The molecular weight excluding hydrogens is 240 g/mol. The van der Waals surface area contributed by atoms with Gasteiger partial charge < -0.3 is 9.47 Å². The van der Waals surface area contributed by atoms with E-state index in [2.05, 4.69) is 0 Å². The monoisotopic (exact) mass is 264 g/mol. The van der Waals surface area contributed by atoms with Crippen LogP contribution in [0.3, 0.4) is 0 Å². The molecule has 0 N–H and O–H groups in total. The zero-order valence-electron chi connectivity index (χ0n) is 12.7. The summed E-state index contributed by atoms with van der Waals surface area (Å²) in [5.41, 5.74) is -0.315. The van der Waals surface area contributed by atoms with Crippen LogP contribution in [0.15, 0.2) is 24.3 Å². The van der Waals surface area contributed by atoms with Crippen LogP contribution < -0.4 is 4.74 Å². The second-order valence-electron chi connectivity index (χ2n) is 5.89. The van der Waals surface area contributed by atoms with Crippen molar-refractivity contribution in [1.29, 1.82) is 0 Å². The molecule has 1 aromatic carbocycles. The highest BCUT2D eigenvalue weighted by molar-refractivity contribution is 5.84. The molecule has 1 aromatic rings. The van der Waals surface area contributed by atoms with Crippen LogP contribution >= 0.6 is 0 Å². The normalized spacial score (nSPS) is 14.6. The Bertz CT molecular complexity index is 446. The Kier molecular flexibility index (Phi) is 4.61. The largest absolute Gasteiger partial charge is 0.496 e. The van der Waals surface area contributed by atoms with Crippen LogP contribution in [-0.4, -0.2) is 18.7 Å². The maximum atomic E-state index is 12.5. The second-order valence-corrected chi connectivity index (χ2v) is 5.89. The number of carbonyl (C=O) groups is 1. The summed E-state index contributed by atoms with van der Waals surface area (Å²) < 4.78 is 10.9. The summed E-state index contributed by atoms with van der Waals surface area (Å²) in [6.45, 7) is 9.52. The van der Waals surface area contributed by atoms with Crippen molar-refractivity contribution in [2.45, 2.75) is 52.1 Å². The van der Waals surface area contributed by atoms with E-state index in [9.17, 15) is 4.79 Å². The van der Waals surface area contributed by atoms with E-state index >= 15 is 0 Å². The Balaban J connectivity index is 3.19. The van der Waals surface area contributed by atoms with Crippen molar-refractivity contribution < 1.29 is 14.3 Å². The lowest BCUT2D eigenvalue weighted by molar-refractivity contribution is -0.161. The standard InChI is InChI=1S/C16H24O3/c1-7-16(5,14(17)19-15(2,3)4)12-10-8-9-11-13(12)18-6/h8-11H,7H2,1-6H3. The van der Waals surface area contributed by atoms with Gasteiger partial charge in [-0.1, -0.05) is 25.1 Å². The number of hydrogen-bond donors (Lipinski definition) is 0. The molecular formula is C16H24O3. The highest BCUT2D eigenvalue weighted by atomic mass is 16.6. The van der Waals surface area contributed by atoms with Gasteiger partial charge in [0.05, 0.1) is 12.5 Å². The molecule has 0 saturated carbocycles. The first-order valence-corrected chi connectivity index (χ1v) is 6.61. The third-order valence-corrected chi connectivity index (χ3v) is 3.26. The van der Waals surface area contributed by atoms with Gasteiger partial charge >= 0.3 is 5.97 Å². The minimum Gasteiger partial charge on any atom is -0.496 e. The van der Waals surface area contributed by atoms with E-state index in [4.69, 9.17) is 9.47 Å². The van der Waals surface area contributed by atoms with Gasteiger partial charge in [-0.3, -0.25) is 4.79 Å². The lowest BCUT2D eigenvalue weighted by Gasteiger charge is -2.31. The minimum atomic E-state index is -0.695. The Morgan fingerprint density at radius 1 is 1.16 bits per heavy atom. The van der Waals surface area contributed by atoms with Gasteiger partial charge in [-0.2, -0.15) is 0 Å². The van der Waals surface area contributed by atoms with Gasteiger partial charge in [0.15, 0.2) is 0 Å². The van der Waals surface area contributed by atoms with Crippen LogP contribution in [0.5, 0.6) is 5.75 Å². The number of ether oxygens (including phenoxy) is 2. The summed E-state index contributed by atoms with van der Waals surface area (Å²) in [7, 11) is 1.62. The highest BCUT2D eigenvalue weighted by Gasteiger charge is 2.39. The smallest absolute Gasteiger partial charge is 0.316 e. The van der Waals surface area contributed by atoms with Crippen LogP contribution in [0, 0.1) is 0 Å². The summed E-state index contributed by atoms with van der Waals surface area (Å²) in [6.07, 6.45) is 0.655. The quantitative estimate of drug-likeness (QED) is 0.778. The number of para-hydroxylation sites is 1. The van der Waals surface area contributed by atoms with E-state index in [1.807, 2.05) is 58.9 Å². The minimum absolute atomic E-state index is 0.216. The van der Waals surface area contributed by atoms with Gasteiger partial charge in [0.25, 0.3) is 0 Å². The number of rotatable bonds is 4. The number of esters is 1. The van der Waals surface area contributed by atoms with Gasteiger partial charge in [0, 0.05) is 5.56 Å². The molecule has 106 valence electrons. The van der Waals surface area contributed by atoms with Crippen molar-refractivity contribution in [2.24, 2.45) is 0 Å². The number of carbonyl (C=O) groups excluding carboxylic acids is 1. The van der Waals surface area contributed by atoms with Gasteiger partial charge in [0.2, 0.25) is 0 Å². The topological polar surface area (TPSA) is 35.5 Å². The van der Waals surface area contributed by atoms with Gasteiger partial charge in [0.1, 0.15) is 11.4 Å². The SMILES string of the molecule is CCC(C)(C(=O)OC(C)(C)C)c1ccccc1OC. The van der Waals surface area contributed by atoms with E-state index in [0.29, 0.717) is 6.42 Å². The average molecular weight is 264 g/mol. The molecule has 0 aliphatic rings. The molecule has 1 rings (SSSR count). The van der Waals surface area contributed by atoms with Crippen LogP contribution in [0.4, 0.5) is 0 Å². The summed E-state index contributed by atoms with van der Waals surface area (Å²) in [4.78, 5) is 12.5. The molecule has 0 aliphatic carbocycles. The molecule has 0 amide bonds. The van der Waals surface area contributed by atoms with Crippen LogP contribution in [0.1, 0.15) is 46.6 Å². The van der Waals surface area contributed by atoms with Crippen molar-refractivity contribution in [1.82, 2.24) is 0 Å². The zero-order chi connectivity index (χ0) is 14.7. The van der Waals surface area contributed by atoms with E-state index in [0.717, 1.165) is 11.3 Å². The van der Waals surface area contributed by atoms with E-state index in [1.165, 1.54) is 0 Å². The molecule has 0 radical (unpaired) electrons. The van der Waals surface area contributed by atoms with E-state index < -0.39 is 11.0 Å². The third kappa shape index (κ3) is 3.49. The molecule has 3 nitrogen and oxygen atoms in total. The lowest BCUT2D eigenvalue weighted by Crippen LogP contribution is -2.38. The van der Waals surface area contributed by atoms with Crippen LogP contribution in [0.2, 0.25) is 0 Å². The van der Waals surface area contributed by atoms with Crippen LogP contribution in [-0.2, 0) is 14.9 Å². The first-order chi connectivity index (χ1) is 8.74. The van der Waals surface area contributed by atoms with Crippen molar-refractivity contribution >= 4 is 5.97 Å². The highest BCUT2D eigenvalue weighted by Crippen LogP contribution is 2.36. The Hall–Kier alpha value is -1.51. The second kappa shape index (κ2) is 5.64. The fourth-order valence-corrected chi connectivity index (χ4v) is 1.94. The first kappa shape index (κ1) is 15.5. The van der Waals surface area contributed by atoms with Gasteiger partial charge in [-0.05, 0) is 40.2 Å². The first-order valence-electron chi connectivity index (χ1n) is 6.61. The molecule has 0 fully saturated rings. The number of methoxy groups -OCH3 is 1. The molecule has 0 spiro atoms. The molecule has 1 unspecified atom stereocenters. The van der Waals surface area contributed by atoms with Crippen molar-refractivity contribution in [3.05, 3.63) is 29.8 Å². The summed E-state index contributed by atoms with van der Waals surface area (Å²) in [5, 5.41) is 0. The fraction of sp³-hybridized carbons (Fsp3) is 0.562. The van der Waals surface area contributed by atoms with E-state index in [-0.39, 0.29) is 5.97 Å². The third-order valence-electron chi connectivity index (χ3n) is 3.26. The van der Waals surface area contributed by atoms with Gasteiger partial charge in [-0.15, -0.1) is 0 Å². The molecule has 0 aromatic heterocycles. The van der Waals surface area contributed by atoms with Crippen LogP contribution in [0.25, 0.3) is 0 Å². The van der Waals surface area contributed by atoms with Crippen molar-refractivity contribution in [3.63, 3.8) is 0 Å². The summed E-state index contributed by atoms with van der Waals surface area (Å²) >= 11 is 0. The maximum Gasteiger partial charge on any atom is 0.316 e. The summed E-state index contributed by atoms with van der Waals surface area (Å²) in [6, 6.07) is 7.60. The number of hydrogen-bond acceptors (Lipinski definition) is 3. The fourth-order valence-electron chi connectivity index (χ4n) is 1.94. The Labute approximate surface area is 115 Å². The molecule has 19 heavy (non-hydrogen) atoms. The zero-order valence-corrected chi connectivity index (χ0v) is 12.7. The van der Waals surface area contributed by atoms with Crippen molar-refractivity contribution in [3.8, 4) is 5.75 Å². The van der Waals surface area contributed by atoms with Crippen molar-refractivity contribution in [2.75, 3.05) is 7.11 Å². The van der Waals surface area contributed by atoms with E-state index in [1.54, 1.807) is 7.11 Å². The summed E-state index contributed by atoms with van der Waals surface area (Å²) in [5.74, 6) is 0.504. The molecule has 0 aliphatic heterocycles. The molecule has 3 heteroatoms. The Morgan fingerprint density at radius 2 is 1.74 bits per heavy atom. The molecule has 0 heterocycles. The van der Waals surface area contributed by atoms with Gasteiger partial charge in [-0.25, -0.2) is 0 Å². The number of benzene rings is 1. The average Bonchev–Trinajstić information content (AvgIpc) is 2.35. The predicted octanol–water partition coefficient (Wildman–Crippen LogP) is 3.70. The molecule has 1 atom stereocenters. The molecule has 0 bridgehead atoms.